The van der Waals surface area contributed by atoms with Crippen molar-refractivity contribution in [2.75, 3.05) is 0 Å². The highest BCUT2D eigenvalue weighted by molar-refractivity contribution is 5.66. The molecule has 0 aromatic rings. The Balaban J connectivity index is 2.71. The molecule has 0 aromatic heterocycles. The van der Waals surface area contributed by atoms with Gasteiger partial charge in [0.25, 0.3) is 0 Å². The van der Waals surface area contributed by atoms with E-state index in [9.17, 15) is 20.1 Å². The summed E-state index contributed by atoms with van der Waals surface area (Å²) in [6.07, 6.45) is -5.86. The van der Waals surface area contributed by atoms with Gasteiger partial charge in [-0.1, -0.05) is 0 Å². The number of hydrogen-bond acceptors (Lipinski definition) is 6. The van der Waals surface area contributed by atoms with Crippen LogP contribution in [-0.4, -0.2) is 52.0 Å². The van der Waals surface area contributed by atoms with Gasteiger partial charge in [-0.25, -0.2) is 0 Å². The van der Waals surface area contributed by atoms with Crippen LogP contribution in [0.2, 0.25) is 0 Å². The Morgan fingerprint density at radius 3 is 2.36 bits per heavy atom. The Bertz CT molecular complexity index is 204. The SMILES string of the molecule is CC(=O)O[C@H]1[C@@H](O)[C@@H](C)O[C@H](O)[C@@H]1O. The third-order valence-corrected chi connectivity index (χ3v) is 2.10. The topological polar surface area (TPSA) is 96.2 Å². The van der Waals surface area contributed by atoms with Crippen molar-refractivity contribution in [3.63, 3.8) is 0 Å². The molecule has 1 aliphatic heterocycles. The molecule has 6 nitrogen and oxygen atoms in total. The second kappa shape index (κ2) is 4.22. The molecule has 0 radical (unpaired) electrons. The zero-order valence-corrected chi connectivity index (χ0v) is 7.95. The highest BCUT2D eigenvalue weighted by Crippen LogP contribution is 2.21. The largest absolute Gasteiger partial charge is 0.457 e. The lowest BCUT2D eigenvalue weighted by atomic mass is 10.00. The van der Waals surface area contributed by atoms with Crippen LogP contribution in [0.1, 0.15) is 13.8 Å². The average Bonchev–Trinajstić information content (AvgIpc) is 2.09. The van der Waals surface area contributed by atoms with Gasteiger partial charge in [0.1, 0.15) is 12.2 Å². The molecule has 0 aromatic carbocycles. The molecule has 1 aliphatic rings. The van der Waals surface area contributed by atoms with Gasteiger partial charge in [-0.15, -0.1) is 0 Å². The smallest absolute Gasteiger partial charge is 0.303 e. The van der Waals surface area contributed by atoms with E-state index >= 15 is 0 Å². The normalized spacial score (nSPS) is 43.4. The first-order valence-electron chi connectivity index (χ1n) is 4.30. The first-order chi connectivity index (χ1) is 6.43. The monoisotopic (exact) mass is 206 g/mol. The van der Waals surface area contributed by atoms with Crippen LogP contribution in [0, 0.1) is 0 Å². The second-order valence-corrected chi connectivity index (χ2v) is 3.29. The molecule has 82 valence electrons. The third-order valence-electron chi connectivity index (χ3n) is 2.10. The van der Waals surface area contributed by atoms with E-state index in [1.807, 2.05) is 0 Å². The van der Waals surface area contributed by atoms with Crippen molar-refractivity contribution < 1.29 is 29.6 Å². The van der Waals surface area contributed by atoms with Crippen molar-refractivity contribution >= 4 is 5.97 Å². The van der Waals surface area contributed by atoms with Crippen molar-refractivity contribution in [3.05, 3.63) is 0 Å². The zero-order chi connectivity index (χ0) is 10.9. The molecule has 0 amide bonds. The number of hydrogen-bond donors (Lipinski definition) is 3. The van der Waals surface area contributed by atoms with E-state index in [2.05, 4.69) is 4.74 Å². The third kappa shape index (κ3) is 2.21. The average molecular weight is 206 g/mol. The summed E-state index contributed by atoms with van der Waals surface area (Å²) in [4.78, 5) is 10.6. The van der Waals surface area contributed by atoms with Gasteiger partial charge in [-0.2, -0.15) is 0 Å². The van der Waals surface area contributed by atoms with E-state index in [0.717, 1.165) is 6.92 Å². The molecule has 0 saturated carbocycles. The maximum atomic E-state index is 10.6. The van der Waals surface area contributed by atoms with Crippen LogP contribution in [-0.2, 0) is 14.3 Å². The number of carbonyl (C=O) groups is 1. The molecule has 1 rings (SSSR count). The maximum absolute atomic E-state index is 10.6. The predicted octanol–water partition coefficient (Wildman–Crippen LogP) is -1.62. The minimum Gasteiger partial charge on any atom is -0.457 e. The van der Waals surface area contributed by atoms with Crippen molar-refractivity contribution in [1.82, 2.24) is 0 Å². The number of esters is 1. The van der Waals surface area contributed by atoms with Gasteiger partial charge < -0.3 is 24.8 Å². The molecule has 1 saturated heterocycles. The summed E-state index contributed by atoms with van der Waals surface area (Å²) >= 11 is 0. The lowest BCUT2D eigenvalue weighted by Gasteiger charge is -2.38. The standard InChI is InChI=1S/C8H14O6/c1-3-5(10)7(14-4(2)9)6(11)8(12)13-3/h3,5-8,10-12H,1-2H3/t3-,5+,6-,7+,8+/m1/s1. The Labute approximate surface area is 81.1 Å². The number of ether oxygens (including phenoxy) is 2. The van der Waals surface area contributed by atoms with E-state index in [1.54, 1.807) is 0 Å². The van der Waals surface area contributed by atoms with E-state index in [-0.39, 0.29) is 0 Å². The van der Waals surface area contributed by atoms with Crippen LogP contribution >= 0.6 is 0 Å². The summed E-state index contributed by atoms with van der Waals surface area (Å²) in [5, 5.41) is 28.0. The predicted molar refractivity (Wildman–Crippen MR) is 44.1 cm³/mol. The number of aliphatic hydroxyl groups excluding tert-OH is 3. The van der Waals surface area contributed by atoms with Gasteiger partial charge >= 0.3 is 5.97 Å². The molecule has 0 bridgehead atoms. The van der Waals surface area contributed by atoms with E-state index < -0.39 is 36.7 Å². The lowest BCUT2D eigenvalue weighted by Crippen LogP contribution is -2.57. The van der Waals surface area contributed by atoms with Crippen LogP contribution in [0.4, 0.5) is 0 Å². The number of rotatable bonds is 1. The highest BCUT2D eigenvalue weighted by atomic mass is 16.6. The van der Waals surface area contributed by atoms with Crippen LogP contribution in [0.15, 0.2) is 0 Å². The Morgan fingerprint density at radius 2 is 1.86 bits per heavy atom. The van der Waals surface area contributed by atoms with Gasteiger partial charge in [0.15, 0.2) is 12.4 Å². The van der Waals surface area contributed by atoms with Crippen molar-refractivity contribution in [1.29, 1.82) is 0 Å². The van der Waals surface area contributed by atoms with Crippen LogP contribution in [0.5, 0.6) is 0 Å². The molecule has 0 unspecified atom stereocenters. The first-order valence-corrected chi connectivity index (χ1v) is 4.30. The van der Waals surface area contributed by atoms with Gasteiger partial charge in [0, 0.05) is 6.92 Å². The summed E-state index contributed by atoms with van der Waals surface area (Å²) in [6.45, 7) is 2.67. The summed E-state index contributed by atoms with van der Waals surface area (Å²) in [5.41, 5.74) is 0. The second-order valence-electron chi connectivity index (χ2n) is 3.29. The molecular weight excluding hydrogens is 192 g/mol. The fourth-order valence-electron chi connectivity index (χ4n) is 1.34. The maximum Gasteiger partial charge on any atom is 0.303 e. The van der Waals surface area contributed by atoms with Crippen molar-refractivity contribution in [3.8, 4) is 0 Å². The van der Waals surface area contributed by atoms with Crippen molar-refractivity contribution in [2.45, 2.75) is 44.6 Å². The van der Waals surface area contributed by atoms with Crippen molar-refractivity contribution in [2.24, 2.45) is 0 Å². The van der Waals surface area contributed by atoms with Crippen LogP contribution < -0.4 is 0 Å². The molecule has 0 spiro atoms. The Hall–Kier alpha value is -0.690. The summed E-state index contributed by atoms with van der Waals surface area (Å²) < 4.78 is 9.46. The highest BCUT2D eigenvalue weighted by Gasteiger charge is 2.44. The molecule has 3 N–H and O–H groups in total. The number of carbonyl (C=O) groups excluding carboxylic acids is 1. The molecule has 1 heterocycles. The molecule has 1 fully saturated rings. The van der Waals surface area contributed by atoms with E-state index in [4.69, 9.17) is 4.74 Å². The Morgan fingerprint density at radius 1 is 1.29 bits per heavy atom. The lowest BCUT2D eigenvalue weighted by molar-refractivity contribution is -0.281. The van der Waals surface area contributed by atoms with Gasteiger partial charge in [-0.05, 0) is 6.92 Å². The minimum absolute atomic E-state index is 0.630. The Kier molecular flexibility index (Phi) is 3.43. The molecule has 6 heteroatoms. The van der Waals surface area contributed by atoms with Gasteiger partial charge in [-0.3, -0.25) is 4.79 Å². The molecular formula is C8H14O6. The fraction of sp³-hybridized carbons (Fsp3) is 0.875. The summed E-state index contributed by atoms with van der Waals surface area (Å²) in [5.74, 6) is -0.630. The fourth-order valence-corrected chi connectivity index (χ4v) is 1.34. The molecule has 0 aliphatic carbocycles. The summed E-state index contributed by atoms with van der Waals surface area (Å²) in [6, 6.07) is 0. The first kappa shape index (κ1) is 11.4. The minimum atomic E-state index is -1.45. The molecule has 14 heavy (non-hydrogen) atoms. The molecule has 5 atom stereocenters. The summed E-state index contributed by atoms with van der Waals surface area (Å²) in [7, 11) is 0. The zero-order valence-electron chi connectivity index (χ0n) is 7.95. The van der Waals surface area contributed by atoms with E-state index in [0.29, 0.717) is 0 Å². The number of aliphatic hydroxyl groups is 3. The van der Waals surface area contributed by atoms with Crippen LogP contribution in [0.3, 0.4) is 0 Å². The van der Waals surface area contributed by atoms with Crippen LogP contribution in [0.25, 0.3) is 0 Å². The van der Waals surface area contributed by atoms with Gasteiger partial charge in [0.05, 0.1) is 6.10 Å². The quantitative estimate of drug-likeness (QED) is 0.446. The van der Waals surface area contributed by atoms with Gasteiger partial charge in [0.2, 0.25) is 0 Å². The van der Waals surface area contributed by atoms with E-state index in [1.165, 1.54) is 6.92 Å².